The molecule has 1 N–H and O–H groups in total. The van der Waals surface area contributed by atoms with E-state index < -0.39 is 6.04 Å². The highest BCUT2D eigenvalue weighted by molar-refractivity contribution is 6.21. The minimum Gasteiger partial charge on any atom is -0.351 e. The molecule has 3 aromatic carbocycles. The Morgan fingerprint density at radius 3 is 2.34 bits per heavy atom. The largest absolute Gasteiger partial charge is 0.351 e. The van der Waals surface area contributed by atoms with Gasteiger partial charge < -0.3 is 10.2 Å². The number of hydrogen-bond donors (Lipinski definition) is 1. The molecule has 0 aromatic heterocycles. The standard InChI is InChI=1S/C30H31N3O2/c1-21-16-18-23(19-17-21)27-28(29(34)31-24-12-6-3-7-13-24)33(20-22-10-4-2-5-11-22)30(35)25-14-8-9-15-26(25)32-27/h2,4-5,8-11,14-19,24,28H,3,6-7,12-13,20H2,1H3,(H,31,34). The molecule has 5 nitrogen and oxygen atoms in total. The maximum atomic E-state index is 14.0. The van der Waals surface area contributed by atoms with E-state index in [-0.39, 0.29) is 17.9 Å². The monoisotopic (exact) mass is 465 g/mol. The Bertz CT molecular complexity index is 1230. The van der Waals surface area contributed by atoms with Crippen LogP contribution in [-0.2, 0) is 11.3 Å². The van der Waals surface area contributed by atoms with Crippen molar-refractivity contribution in [1.82, 2.24) is 10.2 Å². The van der Waals surface area contributed by atoms with Crippen LogP contribution in [0.3, 0.4) is 0 Å². The Balaban J connectivity index is 1.63. The fourth-order valence-electron chi connectivity index (χ4n) is 5.05. The van der Waals surface area contributed by atoms with Crippen molar-refractivity contribution in [3.8, 4) is 0 Å². The van der Waals surface area contributed by atoms with Crippen molar-refractivity contribution in [2.75, 3.05) is 0 Å². The van der Waals surface area contributed by atoms with Crippen LogP contribution in [0, 0.1) is 6.92 Å². The lowest BCUT2D eigenvalue weighted by Gasteiger charge is -2.33. The van der Waals surface area contributed by atoms with Gasteiger partial charge in [-0.15, -0.1) is 0 Å². The van der Waals surface area contributed by atoms with Crippen LogP contribution in [0.1, 0.15) is 59.2 Å². The molecule has 2 amide bonds. The first kappa shape index (κ1) is 23.0. The van der Waals surface area contributed by atoms with Crippen molar-refractivity contribution in [3.63, 3.8) is 0 Å². The van der Waals surface area contributed by atoms with Crippen LogP contribution in [0.5, 0.6) is 0 Å². The quantitative estimate of drug-likeness (QED) is 0.534. The van der Waals surface area contributed by atoms with Gasteiger partial charge in [-0.05, 0) is 43.0 Å². The number of aliphatic imine (C=N–C) groups is 1. The average Bonchev–Trinajstić information content (AvgIpc) is 3.00. The van der Waals surface area contributed by atoms with E-state index in [0.717, 1.165) is 42.4 Å². The van der Waals surface area contributed by atoms with E-state index in [1.165, 1.54) is 6.42 Å². The predicted molar refractivity (Wildman–Crippen MR) is 139 cm³/mol. The van der Waals surface area contributed by atoms with Gasteiger partial charge in [0.15, 0.2) is 6.04 Å². The van der Waals surface area contributed by atoms with Gasteiger partial charge in [-0.2, -0.15) is 0 Å². The third-order valence-corrected chi connectivity index (χ3v) is 6.95. The van der Waals surface area contributed by atoms with Crippen molar-refractivity contribution in [3.05, 3.63) is 101 Å². The molecule has 1 atom stereocenters. The molecule has 1 aliphatic carbocycles. The molecule has 0 radical (unpaired) electrons. The summed E-state index contributed by atoms with van der Waals surface area (Å²) in [5, 5.41) is 3.28. The first-order valence-corrected chi connectivity index (χ1v) is 12.5. The Kier molecular flexibility index (Phi) is 6.75. The summed E-state index contributed by atoms with van der Waals surface area (Å²) >= 11 is 0. The number of aryl methyl sites for hydroxylation is 1. The topological polar surface area (TPSA) is 61.8 Å². The number of carbonyl (C=O) groups is 2. The molecule has 1 unspecified atom stereocenters. The second-order valence-electron chi connectivity index (χ2n) is 9.54. The van der Waals surface area contributed by atoms with E-state index in [0.29, 0.717) is 23.5 Å². The molecule has 1 aliphatic heterocycles. The summed E-state index contributed by atoms with van der Waals surface area (Å²) in [4.78, 5) is 34.6. The molecular weight excluding hydrogens is 434 g/mol. The molecule has 1 fully saturated rings. The van der Waals surface area contributed by atoms with Crippen LogP contribution < -0.4 is 5.32 Å². The van der Waals surface area contributed by atoms with E-state index in [1.54, 1.807) is 11.0 Å². The highest BCUT2D eigenvalue weighted by Crippen LogP contribution is 2.30. The molecule has 178 valence electrons. The van der Waals surface area contributed by atoms with Gasteiger partial charge in [0.05, 0.1) is 17.0 Å². The van der Waals surface area contributed by atoms with Crippen LogP contribution in [0.4, 0.5) is 5.69 Å². The lowest BCUT2D eigenvalue weighted by Crippen LogP contribution is -2.55. The molecule has 5 heteroatoms. The molecule has 2 aliphatic rings. The fourth-order valence-corrected chi connectivity index (χ4v) is 5.05. The second-order valence-corrected chi connectivity index (χ2v) is 9.54. The van der Waals surface area contributed by atoms with Gasteiger partial charge in [-0.1, -0.05) is 91.6 Å². The summed E-state index contributed by atoms with van der Waals surface area (Å²) < 4.78 is 0. The number of amides is 2. The number of hydrogen-bond acceptors (Lipinski definition) is 3. The zero-order valence-corrected chi connectivity index (χ0v) is 20.1. The van der Waals surface area contributed by atoms with Crippen LogP contribution in [0.15, 0.2) is 83.9 Å². The normalized spacial score (nSPS) is 18.4. The molecule has 1 saturated carbocycles. The molecule has 0 spiro atoms. The number of nitrogens with one attached hydrogen (secondary N) is 1. The number of fused-ring (bicyclic) bond motifs is 1. The number of benzene rings is 3. The van der Waals surface area contributed by atoms with Gasteiger partial charge >= 0.3 is 0 Å². The number of nitrogens with zero attached hydrogens (tertiary/aromatic N) is 2. The lowest BCUT2D eigenvalue weighted by molar-refractivity contribution is -0.124. The van der Waals surface area contributed by atoms with Crippen molar-refractivity contribution >= 4 is 23.2 Å². The predicted octanol–water partition coefficient (Wildman–Crippen LogP) is 5.59. The van der Waals surface area contributed by atoms with Gasteiger partial charge in [0.25, 0.3) is 5.91 Å². The first-order valence-electron chi connectivity index (χ1n) is 12.5. The SMILES string of the molecule is Cc1ccc(C2=Nc3ccccc3C(=O)N(Cc3ccccc3)C2C(=O)NC2CCCCC2)cc1. The van der Waals surface area contributed by atoms with E-state index in [9.17, 15) is 9.59 Å². The summed E-state index contributed by atoms with van der Waals surface area (Å²) in [6, 6.07) is 24.6. The minimum absolute atomic E-state index is 0.134. The fraction of sp³-hybridized carbons (Fsp3) is 0.300. The number of carbonyl (C=O) groups excluding carboxylic acids is 2. The lowest BCUT2D eigenvalue weighted by atomic mass is 9.94. The van der Waals surface area contributed by atoms with Crippen molar-refractivity contribution in [2.24, 2.45) is 4.99 Å². The zero-order valence-electron chi connectivity index (χ0n) is 20.1. The van der Waals surface area contributed by atoms with Gasteiger partial charge in [0, 0.05) is 12.6 Å². The van der Waals surface area contributed by atoms with Crippen LogP contribution in [0.2, 0.25) is 0 Å². The second kappa shape index (κ2) is 10.3. The van der Waals surface area contributed by atoms with E-state index >= 15 is 0 Å². The van der Waals surface area contributed by atoms with Crippen LogP contribution in [0.25, 0.3) is 0 Å². The molecule has 5 rings (SSSR count). The Morgan fingerprint density at radius 2 is 1.60 bits per heavy atom. The van der Waals surface area contributed by atoms with Crippen molar-refractivity contribution < 1.29 is 9.59 Å². The maximum Gasteiger partial charge on any atom is 0.257 e. The Morgan fingerprint density at radius 1 is 0.914 bits per heavy atom. The molecular formula is C30H31N3O2. The maximum absolute atomic E-state index is 14.0. The van der Waals surface area contributed by atoms with Crippen molar-refractivity contribution in [1.29, 1.82) is 0 Å². The molecule has 1 heterocycles. The molecule has 3 aromatic rings. The smallest absolute Gasteiger partial charge is 0.257 e. The van der Waals surface area contributed by atoms with Gasteiger partial charge in [0.2, 0.25) is 5.91 Å². The average molecular weight is 466 g/mol. The summed E-state index contributed by atoms with van der Waals surface area (Å²) in [7, 11) is 0. The summed E-state index contributed by atoms with van der Waals surface area (Å²) in [5.74, 6) is -0.340. The van der Waals surface area contributed by atoms with Crippen LogP contribution >= 0.6 is 0 Å². The van der Waals surface area contributed by atoms with Crippen molar-refractivity contribution in [2.45, 2.75) is 57.7 Å². The van der Waals surface area contributed by atoms with Gasteiger partial charge in [-0.3, -0.25) is 9.59 Å². The minimum atomic E-state index is -0.834. The Hall–Kier alpha value is -3.73. The third-order valence-electron chi connectivity index (χ3n) is 6.95. The molecule has 0 bridgehead atoms. The van der Waals surface area contributed by atoms with E-state index in [1.807, 2.05) is 79.7 Å². The Labute approximate surface area is 206 Å². The first-order chi connectivity index (χ1) is 17.1. The molecule has 0 saturated heterocycles. The highest BCUT2D eigenvalue weighted by Gasteiger charge is 2.39. The highest BCUT2D eigenvalue weighted by atomic mass is 16.2. The van der Waals surface area contributed by atoms with Gasteiger partial charge in [0.1, 0.15) is 0 Å². The zero-order chi connectivity index (χ0) is 24.2. The number of para-hydroxylation sites is 1. The third kappa shape index (κ3) is 5.04. The van der Waals surface area contributed by atoms with Gasteiger partial charge in [-0.25, -0.2) is 4.99 Å². The summed E-state index contributed by atoms with van der Waals surface area (Å²) in [5.41, 5.74) is 4.66. The number of rotatable bonds is 5. The summed E-state index contributed by atoms with van der Waals surface area (Å²) in [6.07, 6.45) is 5.39. The van der Waals surface area contributed by atoms with Crippen LogP contribution in [-0.4, -0.2) is 34.5 Å². The van der Waals surface area contributed by atoms with E-state index in [4.69, 9.17) is 4.99 Å². The van der Waals surface area contributed by atoms with E-state index in [2.05, 4.69) is 5.32 Å². The summed E-state index contributed by atoms with van der Waals surface area (Å²) in [6.45, 7) is 2.36. The molecule has 35 heavy (non-hydrogen) atoms.